The Morgan fingerprint density at radius 3 is 2.22 bits per heavy atom. The van der Waals surface area contributed by atoms with Gasteiger partial charge in [-0.3, -0.25) is 13.8 Å². The first kappa shape index (κ1) is 15.2. The van der Waals surface area contributed by atoms with Gasteiger partial charge in [0, 0.05) is 33.4 Å². The van der Waals surface area contributed by atoms with Gasteiger partial charge in [-0.1, -0.05) is 0 Å². The molecule has 0 aliphatic carbocycles. The second-order valence-corrected chi connectivity index (χ2v) is 5.85. The van der Waals surface area contributed by atoms with Gasteiger partial charge in [-0.15, -0.1) is 0 Å². The summed E-state index contributed by atoms with van der Waals surface area (Å²) < 4.78 is 26.0. The summed E-state index contributed by atoms with van der Waals surface area (Å²) in [6.07, 6.45) is 4.52. The zero-order chi connectivity index (χ0) is 13.6. The van der Waals surface area contributed by atoms with Crippen molar-refractivity contribution < 1.29 is 22.9 Å². The van der Waals surface area contributed by atoms with Crippen molar-refractivity contribution in [2.24, 2.45) is 0 Å². The van der Waals surface area contributed by atoms with Gasteiger partial charge in [-0.25, -0.2) is 4.57 Å². The zero-order valence-corrected chi connectivity index (χ0v) is 11.9. The first-order chi connectivity index (χ1) is 8.50. The fraction of sp³-hybridized carbons (Fsp3) is 0.727. The van der Waals surface area contributed by atoms with Gasteiger partial charge in [0.2, 0.25) is 5.91 Å². The summed E-state index contributed by atoms with van der Waals surface area (Å²) in [7, 11) is -1.12. The summed E-state index contributed by atoms with van der Waals surface area (Å²) in [4.78, 5) is 13.6. The Kier molecular flexibility index (Phi) is 5.85. The monoisotopic (exact) mass is 277 g/mol. The van der Waals surface area contributed by atoms with E-state index in [0.29, 0.717) is 0 Å². The topological polar surface area (TPSA) is 65.1 Å². The van der Waals surface area contributed by atoms with E-state index in [1.807, 2.05) is 0 Å². The average Bonchev–Trinajstić information content (AvgIpc) is 2.39. The van der Waals surface area contributed by atoms with E-state index in [4.69, 9.17) is 4.52 Å². The number of likely N-dealkylation sites (tertiary alicyclic amines) is 1. The minimum atomic E-state index is -3.57. The lowest BCUT2D eigenvalue weighted by Gasteiger charge is -2.25. The molecule has 6 nitrogen and oxygen atoms in total. The summed E-state index contributed by atoms with van der Waals surface area (Å²) in [6.45, 7) is 3.07. The molecule has 0 radical (unpaired) electrons. The smallest absolute Gasteiger partial charge is 0.409 e. The van der Waals surface area contributed by atoms with Crippen LogP contribution in [-0.4, -0.2) is 38.1 Å². The molecular weight excluding hydrogens is 257 g/mol. The van der Waals surface area contributed by atoms with Gasteiger partial charge >= 0.3 is 7.82 Å². The zero-order valence-electron chi connectivity index (χ0n) is 11.0. The molecule has 0 aromatic rings. The fourth-order valence-corrected chi connectivity index (χ4v) is 2.43. The highest BCUT2D eigenvalue weighted by Gasteiger charge is 2.25. The number of phosphoric acid groups is 1. The summed E-state index contributed by atoms with van der Waals surface area (Å²) in [5.74, 6) is 0.0866. The van der Waals surface area contributed by atoms with E-state index in [2.05, 4.69) is 9.05 Å². The summed E-state index contributed by atoms with van der Waals surface area (Å²) in [6, 6.07) is 0. The second kappa shape index (κ2) is 6.92. The Hall–Kier alpha value is -0.840. The van der Waals surface area contributed by atoms with Gasteiger partial charge in [0.25, 0.3) is 0 Å². The largest absolute Gasteiger partial charge is 0.529 e. The van der Waals surface area contributed by atoms with Gasteiger partial charge in [0.1, 0.15) is 5.76 Å². The molecular formula is C11H20NO5P. The molecule has 7 heteroatoms. The maximum absolute atomic E-state index is 11.9. The predicted molar refractivity (Wildman–Crippen MR) is 66.9 cm³/mol. The van der Waals surface area contributed by atoms with Crippen LogP contribution < -0.4 is 0 Å². The predicted octanol–water partition coefficient (Wildman–Crippen LogP) is 2.32. The van der Waals surface area contributed by atoms with Crippen molar-refractivity contribution in [3.05, 3.63) is 11.8 Å². The highest BCUT2D eigenvalue weighted by atomic mass is 31.2. The highest BCUT2D eigenvalue weighted by Crippen LogP contribution is 2.49. The first-order valence-corrected chi connectivity index (χ1v) is 7.35. The van der Waals surface area contributed by atoms with Crippen LogP contribution in [0.1, 0.15) is 26.2 Å². The van der Waals surface area contributed by atoms with Crippen LogP contribution in [0.15, 0.2) is 11.8 Å². The van der Waals surface area contributed by atoms with Gasteiger partial charge in [-0.05, 0) is 26.2 Å². The number of carbonyl (C=O) groups excluding carboxylic acids is 1. The standard InChI is InChI=1S/C11H20NO5P/c1-10(17-18(14,15-2)16-3)9-11(13)12-7-5-4-6-8-12/h9H,4-8H2,1-3H3. The minimum Gasteiger partial charge on any atom is -0.409 e. The second-order valence-electron chi connectivity index (χ2n) is 4.04. The van der Waals surface area contributed by atoms with Gasteiger partial charge in [0.05, 0.1) is 0 Å². The fourth-order valence-electron chi connectivity index (χ4n) is 1.73. The van der Waals surface area contributed by atoms with Crippen molar-refractivity contribution in [3.63, 3.8) is 0 Å². The molecule has 1 fully saturated rings. The molecule has 0 saturated carbocycles. The summed E-state index contributed by atoms with van der Waals surface area (Å²) >= 11 is 0. The molecule has 104 valence electrons. The van der Waals surface area contributed by atoms with Gasteiger partial charge in [-0.2, -0.15) is 0 Å². The van der Waals surface area contributed by atoms with E-state index in [9.17, 15) is 9.36 Å². The van der Waals surface area contributed by atoms with Crippen LogP contribution in [0.3, 0.4) is 0 Å². The third-order valence-electron chi connectivity index (χ3n) is 2.70. The Balaban J connectivity index is 2.59. The van der Waals surface area contributed by atoms with E-state index in [0.717, 1.165) is 32.4 Å². The van der Waals surface area contributed by atoms with Crippen LogP contribution in [0.2, 0.25) is 0 Å². The molecule has 0 spiro atoms. The molecule has 18 heavy (non-hydrogen) atoms. The molecule has 1 rings (SSSR count). The van der Waals surface area contributed by atoms with E-state index in [1.165, 1.54) is 20.3 Å². The van der Waals surface area contributed by atoms with Gasteiger partial charge < -0.3 is 9.42 Å². The number of allylic oxidation sites excluding steroid dienone is 1. The van der Waals surface area contributed by atoms with E-state index in [1.54, 1.807) is 11.8 Å². The number of carbonyl (C=O) groups is 1. The van der Waals surface area contributed by atoms with Crippen LogP contribution in [-0.2, 0) is 22.9 Å². The maximum Gasteiger partial charge on any atom is 0.529 e. The number of nitrogens with zero attached hydrogens (tertiary/aromatic N) is 1. The first-order valence-electron chi connectivity index (χ1n) is 5.89. The van der Waals surface area contributed by atoms with Crippen LogP contribution in [0, 0.1) is 0 Å². The lowest BCUT2D eigenvalue weighted by Crippen LogP contribution is -2.34. The molecule has 1 aliphatic heterocycles. The molecule has 0 N–H and O–H groups in total. The van der Waals surface area contributed by atoms with E-state index >= 15 is 0 Å². The molecule has 0 atom stereocenters. The summed E-state index contributed by atoms with van der Waals surface area (Å²) in [5.41, 5.74) is 0. The quantitative estimate of drug-likeness (QED) is 0.438. The van der Waals surface area contributed by atoms with Crippen LogP contribution in [0.4, 0.5) is 0 Å². The van der Waals surface area contributed by atoms with Crippen LogP contribution in [0.25, 0.3) is 0 Å². The third kappa shape index (κ3) is 4.44. The Labute approximate surface area is 108 Å². The van der Waals surface area contributed by atoms with Crippen molar-refractivity contribution in [1.29, 1.82) is 0 Å². The SMILES string of the molecule is COP(=O)(OC)OC(C)=CC(=O)N1CCCCC1. The number of piperidine rings is 1. The summed E-state index contributed by atoms with van der Waals surface area (Å²) in [5, 5.41) is 0. The number of phosphoric ester groups is 1. The Morgan fingerprint density at radius 1 is 1.17 bits per heavy atom. The minimum absolute atomic E-state index is 0.133. The third-order valence-corrected chi connectivity index (χ3v) is 4.10. The normalized spacial score (nSPS) is 17.7. The lowest BCUT2D eigenvalue weighted by molar-refractivity contribution is -0.127. The molecule has 0 unspecified atom stereocenters. The van der Waals surface area contributed by atoms with E-state index < -0.39 is 7.82 Å². The van der Waals surface area contributed by atoms with Crippen LogP contribution >= 0.6 is 7.82 Å². The lowest BCUT2D eigenvalue weighted by atomic mass is 10.1. The molecule has 1 heterocycles. The Morgan fingerprint density at radius 2 is 1.72 bits per heavy atom. The van der Waals surface area contributed by atoms with Crippen molar-refractivity contribution in [2.75, 3.05) is 27.3 Å². The number of amides is 1. The van der Waals surface area contributed by atoms with Crippen LogP contribution in [0.5, 0.6) is 0 Å². The average molecular weight is 277 g/mol. The van der Waals surface area contributed by atoms with Crippen molar-refractivity contribution >= 4 is 13.7 Å². The Bertz CT molecular complexity index is 354. The van der Waals surface area contributed by atoms with Crippen molar-refractivity contribution in [1.82, 2.24) is 4.90 Å². The van der Waals surface area contributed by atoms with Crippen molar-refractivity contribution in [2.45, 2.75) is 26.2 Å². The highest BCUT2D eigenvalue weighted by molar-refractivity contribution is 7.48. The molecule has 0 aromatic heterocycles. The molecule has 1 saturated heterocycles. The van der Waals surface area contributed by atoms with Gasteiger partial charge in [0.15, 0.2) is 0 Å². The van der Waals surface area contributed by atoms with Crippen molar-refractivity contribution in [3.8, 4) is 0 Å². The molecule has 1 aliphatic rings. The molecule has 0 bridgehead atoms. The van der Waals surface area contributed by atoms with E-state index in [-0.39, 0.29) is 11.7 Å². The molecule has 0 aromatic carbocycles. The number of hydrogen-bond donors (Lipinski definition) is 0. The maximum atomic E-state index is 11.9. The number of hydrogen-bond acceptors (Lipinski definition) is 5. The molecule has 1 amide bonds. The number of rotatable bonds is 5.